The van der Waals surface area contributed by atoms with Crippen molar-refractivity contribution in [2.45, 2.75) is 45.6 Å². The molecule has 1 unspecified atom stereocenters. The second-order valence-electron chi connectivity index (χ2n) is 5.52. The van der Waals surface area contributed by atoms with Gasteiger partial charge in [-0.1, -0.05) is 0 Å². The number of hydrogen-bond donors (Lipinski definition) is 1. The molecule has 0 amide bonds. The summed E-state index contributed by atoms with van der Waals surface area (Å²) < 4.78 is 0. The van der Waals surface area contributed by atoms with E-state index in [1.165, 1.54) is 28.7 Å². The van der Waals surface area contributed by atoms with Crippen LogP contribution in [0.3, 0.4) is 0 Å². The number of piperidine rings is 1. The minimum absolute atomic E-state index is 0.247. The SMILES string of the molecule is Cc1sc2ncnc(N3CCCCC3CCO)c2c1C. The predicted octanol–water partition coefficient (Wildman–Crippen LogP) is 3.05. The van der Waals surface area contributed by atoms with Crippen molar-refractivity contribution in [2.24, 2.45) is 0 Å². The highest BCUT2D eigenvalue weighted by atomic mass is 32.1. The van der Waals surface area contributed by atoms with Crippen LogP contribution in [0.2, 0.25) is 0 Å². The zero-order chi connectivity index (χ0) is 14.1. The summed E-state index contributed by atoms with van der Waals surface area (Å²) >= 11 is 1.74. The standard InChI is InChI=1S/C15H21N3OS/c1-10-11(2)20-15-13(10)14(16-9-17-15)18-7-4-3-5-12(18)6-8-19/h9,12,19H,3-8H2,1-2H3. The van der Waals surface area contributed by atoms with Gasteiger partial charge in [0.15, 0.2) is 0 Å². The van der Waals surface area contributed by atoms with Crippen molar-refractivity contribution >= 4 is 27.4 Å². The smallest absolute Gasteiger partial charge is 0.141 e. The molecule has 1 aliphatic rings. The average molecular weight is 291 g/mol. The summed E-state index contributed by atoms with van der Waals surface area (Å²) in [6.45, 7) is 5.58. The third-order valence-electron chi connectivity index (χ3n) is 4.31. The lowest BCUT2D eigenvalue weighted by atomic mass is 9.99. The number of fused-ring (bicyclic) bond motifs is 1. The van der Waals surface area contributed by atoms with Crippen LogP contribution in [0, 0.1) is 13.8 Å². The molecule has 2 aromatic heterocycles. The molecule has 0 saturated carbocycles. The third kappa shape index (κ3) is 2.29. The summed E-state index contributed by atoms with van der Waals surface area (Å²) in [5.41, 5.74) is 1.30. The third-order valence-corrected chi connectivity index (χ3v) is 5.42. The lowest BCUT2D eigenvalue weighted by Gasteiger charge is -2.36. The first-order valence-corrected chi connectivity index (χ1v) is 8.12. The van der Waals surface area contributed by atoms with Crippen LogP contribution in [0.4, 0.5) is 5.82 Å². The van der Waals surface area contributed by atoms with Crippen molar-refractivity contribution in [3.05, 3.63) is 16.8 Å². The highest BCUT2D eigenvalue weighted by Gasteiger charge is 2.26. The van der Waals surface area contributed by atoms with E-state index in [-0.39, 0.29) is 6.61 Å². The molecule has 0 bridgehead atoms. The number of hydrogen-bond acceptors (Lipinski definition) is 5. The molecule has 3 heterocycles. The van der Waals surface area contributed by atoms with E-state index in [1.54, 1.807) is 17.7 Å². The summed E-state index contributed by atoms with van der Waals surface area (Å²) in [7, 11) is 0. The lowest BCUT2D eigenvalue weighted by Crippen LogP contribution is -2.40. The van der Waals surface area contributed by atoms with Gasteiger partial charge < -0.3 is 10.0 Å². The van der Waals surface area contributed by atoms with Crippen molar-refractivity contribution in [2.75, 3.05) is 18.1 Å². The molecule has 1 aliphatic heterocycles. The van der Waals surface area contributed by atoms with Crippen LogP contribution < -0.4 is 4.90 Å². The van der Waals surface area contributed by atoms with Crippen LogP contribution >= 0.6 is 11.3 Å². The van der Waals surface area contributed by atoms with Crippen molar-refractivity contribution in [1.29, 1.82) is 0 Å². The van der Waals surface area contributed by atoms with Crippen LogP contribution in [0.5, 0.6) is 0 Å². The van der Waals surface area contributed by atoms with E-state index in [1.807, 2.05) is 0 Å². The monoisotopic (exact) mass is 291 g/mol. The van der Waals surface area contributed by atoms with E-state index in [0.717, 1.165) is 30.0 Å². The summed E-state index contributed by atoms with van der Waals surface area (Å²) in [5.74, 6) is 1.06. The maximum atomic E-state index is 9.30. The molecule has 2 aromatic rings. The molecule has 0 radical (unpaired) electrons. The Bertz CT molecular complexity index is 608. The van der Waals surface area contributed by atoms with Gasteiger partial charge in [-0.05, 0) is 45.1 Å². The Labute approximate surface area is 123 Å². The van der Waals surface area contributed by atoms with Gasteiger partial charge in [0.05, 0.1) is 5.39 Å². The molecule has 3 rings (SSSR count). The van der Waals surface area contributed by atoms with Gasteiger partial charge in [-0.25, -0.2) is 9.97 Å². The molecule has 1 saturated heterocycles. The number of nitrogens with zero attached hydrogens (tertiary/aromatic N) is 3. The van der Waals surface area contributed by atoms with Crippen LogP contribution in [-0.2, 0) is 0 Å². The first kappa shape index (κ1) is 13.8. The maximum Gasteiger partial charge on any atom is 0.141 e. The molecular formula is C15H21N3OS. The second-order valence-corrected chi connectivity index (χ2v) is 6.72. The van der Waals surface area contributed by atoms with E-state index in [0.29, 0.717) is 6.04 Å². The number of aryl methyl sites for hydroxylation is 2. The zero-order valence-corrected chi connectivity index (χ0v) is 12.9. The fourth-order valence-corrected chi connectivity index (χ4v) is 4.10. The molecule has 1 N–H and O–H groups in total. The first-order chi connectivity index (χ1) is 9.72. The Balaban J connectivity index is 2.08. The fourth-order valence-electron chi connectivity index (χ4n) is 3.11. The molecule has 4 nitrogen and oxygen atoms in total. The van der Waals surface area contributed by atoms with Gasteiger partial charge in [-0.2, -0.15) is 0 Å². The molecule has 0 aliphatic carbocycles. The Kier molecular flexibility index (Phi) is 3.89. The summed E-state index contributed by atoms with van der Waals surface area (Å²) in [6.07, 6.45) is 6.10. The quantitative estimate of drug-likeness (QED) is 0.944. The molecule has 1 atom stereocenters. The minimum Gasteiger partial charge on any atom is -0.396 e. The largest absolute Gasteiger partial charge is 0.396 e. The number of aliphatic hydroxyl groups excluding tert-OH is 1. The topological polar surface area (TPSA) is 49.2 Å². The van der Waals surface area contributed by atoms with Crippen molar-refractivity contribution in [3.63, 3.8) is 0 Å². The summed E-state index contributed by atoms with van der Waals surface area (Å²) in [5, 5.41) is 10.5. The van der Waals surface area contributed by atoms with E-state index < -0.39 is 0 Å². The van der Waals surface area contributed by atoms with Crippen LogP contribution in [0.1, 0.15) is 36.1 Å². The number of anilines is 1. The van der Waals surface area contributed by atoms with Crippen molar-refractivity contribution in [1.82, 2.24) is 9.97 Å². The molecule has 0 spiro atoms. The van der Waals surface area contributed by atoms with Gasteiger partial charge in [-0.3, -0.25) is 0 Å². The zero-order valence-electron chi connectivity index (χ0n) is 12.1. The Hall–Kier alpha value is -1.20. The average Bonchev–Trinajstić information content (AvgIpc) is 2.75. The summed E-state index contributed by atoms with van der Waals surface area (Å²) in [4.78, 5) is 13.8. The van der Waals surface area contributed by atoms with Gasteiger partial charge in [0.2, 0.25) is 0 Å². The summed E-state index contributed by atoms with van der Waals surface area (Å²) in [6, 6.07) is 0.409. The Morgan fingerprint density at radius 3 is 3.00 bits per heavy atom. The van der Waals surface area contributed by atoms with E-state index in [4.69, 9.17) is 0 Å². The van der Waals surface area contributed by atoms with E-state index >= 15 is 0 Å². The molecule has 20 heavy (non-hydrogen) atoms. The first-order valence-electron chi connectivity index (χ1n) is 7.30. The molecule has 1 fully saturated rings. The predicted molar refractivity (Wildman–Crippen MR) is 83.6 cm³/mol. The Morgan fingerprint density at radius 2 is 2.20 bits per heavy atom. The second kappa shape index (κ2) is 5.66. The number of aliphatic hydroxyl groups is 1. The molecular weight excluding hydrogens is 270 g/mol. The van der Waals surface area contributed by atoms with Crippen molar-refractivity contribution in [3.8, 4) is 0 Å². The molecule has 0 aromatic carbocycles. The highest BCUT2D eigenvalue weighted by Crippen LogP contribution is 2.36. The lowest BCUT2D eigenvalue weighted by molar-refractivity contribution is 0.262. The number of rotatable bonds is 3. The van der Waals surface area contributed by atoms with Gasteiger partial charge in [0, 0.05) is 24.1 Å². The minimum atomic E-state index is 0.247. The van der Waals surface area contributed by atoms with E-state index in [2.05, 4.69) is 28.7 Å². The maximum absolute atomic E-state index is 9.30. The van der Waals surface area contributed by atoms with Crippen LogP contribution in [-0.4, -0.2) is 34.3 Å². The number of aromatic nitrogens is 2. The molecule has 108 valence electrons. The fraction of sp³-hybridized carbons (Fsp3) is 0.600. The van der Waals surface area contributed by atoms with E-state index in [9.17, 15) is 5.11 Å². The van der Waals surface area contributed by atoms with Gasteiger partial charge in [-0.15, -0.1) is 11.3 Å². The molecule has 5 heteroatoms. The van der Waals surface area contributed by atoms with Gasteiger partial charge >= 0.3 is 0 Å². The van der Waals surface area contributed by atoms with Crippen LogP contribution in [0.25, 0.3) is 10.2 Å². The van der Waals surface area contributed by atoms with Gasteiger partial charge in [0.1, 0.15) is 17.0 Å². The van der Waals surface area contributed by atoms with Gasteiger partial charge in [0.25, 0.3) is 0 Å². The van der Waals surface area contributed by atoms with Crippen molar-refractivity contribution < 1.29 is 5.11 Å². The normalized spacial score (nSPS) is 19.8. The Morgan fingerprint density at radius 1 is 1.35 bits per heavy atom. The van der Waals surface area contributed by atoms with Crippen LogP contribution in [0.15, 0.2) is 6.33 Å². The number of thiophene rings is 1. The highest BCUT2D eigenvalue weighted by molar-refractivity contribution is 7.18.